The first-order chi connectivity index (χ1) is 8.55. The van der Waals surface area contributed by atoms with E-state index >= 15 is 0 Å². The molecule has 1 saturated carbocycles. The molecule has 1 aliphatic carbocycles. The monoisotopic (exact) mass is 313 g/mol. The summed E-state index contributed by atoms with van der Waals surface area (Å²) in [6.07, 6.45) is 4.00. The standard InChI is InChI=1S/C13H13BrFNO2/c1-8-10(15)6-9(14)12(18-2)11(8)13(16-7-17)4-3-5-13/h6H,3-5H2,1-2H3. The van der Waals surface area contributed by atoms with E-state index in [-0.39, 0.29) is 5.82 Å². The van der Waals surface area contributed by atoms with Crippen LogP contribution in [0.2, 0.25) is 0 Å². The number of carbonyl (C=O) groups excluding carboxylic acids is 1. The molecule has 18 heavy (non-hydrogen) atoms. The Bertz CT molecular complexity index is 534. The molecule has 0 spiro atoms. The average Bonchev–Trinajstić information content (AvgIpc) is 2.28. The Morgan fingerprint density at radius 2 is 2.22 bits per heavy atom. The third kappa shape index (κ3) is 1.88. The number of hydrogen-bond donors (Lipinski definition) is 0. The normalized spacial score (nSPS) is 16.7. The van der Waals surface area contributed by atoms with E-state index in [9.17, 15) is 9.18 Å². The molecule has 0 N–H and O–H groups in total. The average molecular weight is 314 g/mol. The number of rotatable bonds is 3. The lowest BCUT2D eigenvalue weighted by Crippen LogP contribution is -2.33. The van der Waals surface area contributed by atoms with Gasteiger partial charge in [0, 0.05) is 5.56 Å². The van der Waals surface area contributed by atoms with Crippen molar-refractivity contribution >= 4 is 22.0 Å². The van der Waals surface area contributed by atoms with E-state index in [1.807, 2.05) is 0 Å². The van der Waals surface area contributed by atoms with Gasteiger partial charge in [0.2, 0.25) is 6.08 Å². The Morgan fingerprint density at radius 1 is 1.56 bits per heavy atom. The topological polar surface area (TPSA) is 38.7 Å². The van der Waals surface area contributed by atoms with Gasteiger partial charge >= 0.3 is 0 Å². The zero-order chi connectivity index (χ0) is 13.3. The second-order valence-corrected chi connectivity index (χ2v) is 5.32. The summed E-state index contributed by atoms with van der Waals surface area (Å²) in [6, 6.07) is 1.37. The van der Waals surface area contributed by atoms with Crippen molar-refractivity contribution in [3.63, 3.8) is 0 Å². The lowest BCUT2D eigenvalue weighted by atomic mass is 9.70. The van der Waals surface area contributed by atoms with Crippen molar-refractivity contribution in [2.24, 2.45) is 4.99 Å². The third-order valence-electron chi connectivity index (χ3n) is 3.54. The molecule has 1 aromatic carbocycles. The van der Waals surface area contributed by atoms with Crippen LogP contribution in [0, 0.1) is 12.7 Å². The van der Waals surface area contributed by atoms with E-state index in [1.54, 1.807) is 13.0 Å². The largest absolute Gasteiger partial charge is 0.495 e. The van der Waals surface area contributed by atoms with Crippen molar-refractivity contribution in [3.8, 4) is 5.75 Å². The van der Waals surface area contributed by atoms with Crippen molar-refractivity contribution in [3.05, 3.63) is 27.5 Å². The Morgan fingerprint density at radius 3 is 2.67 bits per heavy atom. The van der Waals surface area contributed by atoms with Gasteiger partial charge in [-0.05, 0) is 53.7 Å². The minimum absolute atomic E-state index is 0.329. The molecule has 0 heterocycles. The molecule has 5 heteroatoms. The highest BCUT2D eigenvalue weighted by molar-refractivity contribution is 9.10. The molecule has 96 valence electrons. The van der Waals surface area contributed by atoms with Gasteiger partial charge < -0.3 is 4.74 Å². The number of isocyanates is 1. The van der Waals surface area contributed by atoms with Gasteiger partial charge in [-0.15, -0.1) is 0 Å². The third-order valence-corrected chi connectivity index (χ3v) is 4.13. The molecule has 1 fully saturated rings. The van der Waals surface area contributed by atoms with Gasteiger partial charge in [0.25, 0.3) is 0 Å². The zero-order valence-electron chi connectivity index (χ0n) is 10.2. The van der Waals surface area contributed by atoms with E-state index in [0.717, 1.165) is 19.3 Å². The van der Waals surface area contributed by atoms with Crippen LogP contribution in [-0.4, -0.2) is 13.2 Å². The summed E-state index contributed by atoms with van der Waals surface area (Å²) in [5.74, 6) is 0.220. The van der Waals surface area contributed by atoms with Crippen LogP contribution in [0.3, 0.4) is 0 Å². The summed E-state index contributed by atoms with van der Waals surface area (Å²) in [5, 5.41) is 0. The number of nitrogens with zero attached hydrogens (tertiary/aromatic N) is 1. The molecule has 0 aromatic heterocycles. The van der Waals surface area contributed by atoms with E-state index < -0.39 is 5.54 Å². The number of hydrogen-bond acceptors (Lipinski definition) is 3. The first-order valence-corrected chi connectivity index (χ1v) is 6.47. The lowest BCUT2D eigenvalue weighted by molar-refractivity contribution is 0.243. The molecule has 1 aromatic rings. The second kappa shape index (κ2) is 4.82. The van der Waals surface area contributed by atoms with Crippen LogP contribution in [0.4, 0.5) is 4.39 Å². The molecule has 2 rings (SSSR count). The Kier molecular flexibility index (Phi) is 3.55. The maximum Gasteiger partial charge on any atom is 0.235 e. The first kappa shape index (κ1) is 13.2. The number of ether oxygens (including phenoxy) is 1. The molecular formula is C13H13BrFNO2. The SMILES string of the molecule is COc1c(Br)cc(F)c(C)c1C1(N=C=O)CCC1. The number of benzene rings is 1. The van der Waals surface area contributed by atoms with Crippen molar-refractivity contribution < 1.29 is 13.9 Å². The molecule has 1 aliphatic rings. The number of methoxy groups -OCH3 is 1. The molecular weight excluding hydrogens is 301 g/mol. The lowest BCUT2D eigenvalue weighted by Gasteiger charge is -2.39. The van der Waals surface area contributed by atoms with Gasteiger partial charge in [-0.1, -0.05) is 0 Å². The Hall–Kier alpha value is -1.19. The quantitative estimate of drug-likeness (QED) is 0.631. The Labute approximate surface area is 113 Å². The van der Waals surface area contributed by atoms with Crippen LogP contribution < -0.4 is 4.74 Å². The van der Waals surface area contributed by atoms with Crippen molar-refractivity contribution in [2.75, 3.05) is 7.11 Å². The summed E-state index contributed by atoms with van der Waals surface area (Å²) in [7, 11) is 1.53. The van der Waals surface area contributed by atoms with Crippen LogP contribution in [0.15, 0.2) is 15.5 Å². The van der Waals surface area contributed by atoms with Crippen molar-refractivity contribution in [2.45, 2.75) is 31.7 Å². The maximum absolute atomic E-state index is 13.9. The zero-order valence-corrected chi connectivity index (χ0v) is 11.8. The maximum atomic E-state index is 13.9. The first-order valence-electron chi connectivity index (χ1n) is 5.68. The van der Waals surface area contributed by atoms with E-state index in [1.165, 1.54) is 13.2 Å². The van der Waals surface area contributed by atoms with Gasteiger partial charge in [0.1, 0.15) is 17.1 Å². The highest BCUT2D eigenvalue weighted by Gasteiger charge is 2.43. The molecule has 0 unspecified atom stereocenters. The van der Waals surface area contributed by atoms with Crippen molar-refractivity contribution in [1.29, 1.82) is 0 Å². The fraction of sp³-hybridized carbons (Fsp3) is 0.462. The molecule has 0 amide bonds. The van der Waals surface area contributed by atoms with Crippen molar-refractivity contribution in [1.82, 2.24) is 0 Å². The Balaban J connectivity index is 2.72. The molecule has 0 saturated heterocycles. The fourth-order valence-corrected chi connectivity index (χ4v) is 3.03. The summed E-state index contributed by atoms with van der Waals surface area (Å²) in [4.78, 5) is 14.5. The van der Waals surface area contributed by atoms with Gasteiger partial charge in [0.05, 0.1) is 11.6 Å². The van der Waals surface area contributed by atoms with Gasteiger partial charge in [-0.3, -0.25) is 0 Å². The molecule has 0 radical (unpaired) electrons. The molecule has 0 aliphatic heterocycles. The molecule has 0 bridgehead atoms. The number of halogens is 2. The molecule has 0 atom stereocenters. The highest BCUT2D eigenvalue weighted by atomic mass is 79.9. The van der Waals surface area contributed by atoms with Crippen LogP contribution >= 0.6 is 15.9 Å². The van der Waals surface area contributed by atoms with E-state index in [4.69, 9.17) is 4.74 Å². The van der Waals surface area contributed by atoms with Crippen LogP contribution in [0.1, 0.15) is 30.4 Å². The summed E-state index contributed by atoms with van der Waals surface area (Å²) in [5.41, 5.74) is 0.474. The van der Waals surface area contributed by atoms with Gasteiger partial charge in [0.15, 0.2) is 0 Å². The smallest absolute Gasteiger partial charge is 0.235 e. The second-order valence-electron chi connectivity index (χ2n) is 4.46. The van der Waals surface area contributed by atoms with E-state index in [2.05, 4.69) is 20.9 Å². The minimum atomic E-state index is -0.665. The van der Waals surface area contributed by atoms with E-state index in [0.29, 0.717) is 21.3 Å². The summed E-state index contributed by atoms with van der Waals surface area (Å²) < 4.78 is 19.7. The number of aliphatic imine (C=N–C) groups is 1. The minimum Gasteiger partial charge on any atom is -0.495 e. The fourth-order valence-electron chi connectivity index (χ4n) is 2.47. The highest BCUT2D eigenvalue weighted by Crippen LogP contribution is 2.51. The molecule has 3 nitrogen and oxygen atoms in total. The summed E-state index contributed by atoms with van der Waals surface area (Å²) >= 11 is 3.28. The van der Waals surface area contributed by atoms with Gasteiger partial charge in [-0.2, -0.15) is 4.99 Å². The van der Waals surface area contributed by atoms with Gasteiger partial charge in [-0.25, -0.2) is 9.18 Å². The van der Waals surface area contributed by atoms with Crippen LogP contribution in [0.25, 0.3) is 0 Å². The summed E-state index contributed by atoms with van der Waals surface area (Å²) in [6.45, 7) is 1.68. The van der Waals surface area contributed by atoms with Crippen LogP contribution in [0.5, 0.6) is 5.75 Å². The van der Waals surface area contributed by atoms with Crippen LogP contribution in [-0.2, 0) is 10.3 Å². The predicted octanol–water partition coefficient (Wildman–Crippen LogP) is 3.62. The predicted molar refractivity (Wildman–Crippen MR) is 69.0 cm³/mol.